The van der Waals surface area contributed by atoms with Gasteiger partial charge >= 0.3 is 6.11 Å². The molecule has 0 unspecified atom stereocenters. The van der Waals surface area contributed by atoms with Crippen LogP contribution in [0.3, 0.4) is 0 Å². The molecular formula is C5H10BrF2NO. The minimum absolute atomic E-state index is 0.00903. The van der Waals surface area contributed by atoms with Crippen molar-refractivity contribution in [2.75, 3.05) is 18.5 Å². The van der Waals surface area contributed by atoms with Crippen molar-refractivity contribution >= 4 is 15.9 Å². The van der Waals surface area contributed by atoms with Crippen molar-refractivity contribution in [2.45, 2.75) is 12.5 Å². The third-order valence-electron chi connectivity index (χ3n) is 0.817. The summed E-state index contributed by atoms with van der Waals surface area (Å²) < 4.78 is 28.5. The highest BCUT2D eigenvalue weighted by Gasteiger charge is 2.27. The topological polar surface area (TPSA) is 35.2 Å². The van der Waals surface area contributed by atoms with E-state index in [1.54, 1.807) is 0 Å². The molecule has 2 nitrogen and oxygen atoms in total. The average Bonchev–Trinajstić information content (AvgIpc) is 1.89. The van der Waals surface area contributed by atoms with Crippen molar-refractivity contribution in [1.82, 2.24) is 0 Å². The number of nitrogens with two attached hydrogens (primary N) is 1. The minimum atomic E-state index is -3.05. The molecule has 0 atom stereocenters. The smallest absolute Gasteiger partial charge is 0.330 e. The Bertz CT molecular complexity index is 91.7. The molecule has 0 fully saturated rings. The van der Waals surface area contributed by atoms with Gasteiger partial charge in [0.05, 0.1) is 11.9 Å². The van der Waals surface area contributed by atoms with E-state index in [0.29, 0.717) is 13.0 Å². The standard InChI is InChI=1S/C5H10BrF2NO/c6-4-5(7,8)10-3-1-2-9/h1-4,9H2. The summed E-state index contributed by atoms with van der Waals surface area (Å²) in [5.74, 6) is 0. The summed E-state index contributed by atoms with van der Waals surface area (Å²) >= 11 is 2.62. The Hall–Kier alpha value is 0.260. The Morgan fingerprint density at radius 2 is 2.10 bits per heavy atom. The molecule has 0 aromatic heterocycles. The molecule has 0 aromatic carbocycles. The van der Waals surface area contributed by atoms with Gasteiger partial charge in [0.25, 0.3) is 0 Å². The molecule has 0 aliphatic heterocycles. The molecule has 0 rings (SSSR count). The van der Waals surface area contributed by atoms with Crippen molar-refractivity contribution < 1.29 is 13.5 Å². The van der Waals surface area contributed by atoms with Gasteiger partial charge in [-0.15, -0.1) is 0 Å². The van der Waals surface area contributed by atoms with Gasteiger partial charge in [-0.05, 0) is 13.0 Å². The first-order valence-corrected chi connectivity index (χ1v) is 4.02. The van der Waals surface area contributed by atoms with E-state index < -0.39 is 11.4 Å². The molecule has 0 aromatic rings. The molecule has 5 heteroatoms. The second-order valence-electron chi connectivity index (χ2n) is 1.76. The predicted molar refractivity (Wildman–Crippen MR) is 38.4 cm³/mol. The molecule has 2 N–H and O–H groups in total. The minimum Gasteiger partial charge on any atom is -0.330 e. The fraction of sp³-hybridized carbons (Fsp3) is 1.00. The second kappa shape index (κ2) is 4.98. The maximum absolute atomic E-state index is 12.2. The van der Waals surface area contributed by atoms with E-state index in [2.05, 4.69) is 20.7 Å². The summed E-state index contributed by atoms with van der Waals surface area (Å²) in [5, 5.41) is -0.468. The third-order valence-corrected chi connectivity index (χ3v) is 1.47. The van der Waals surface area contributed by atoms with Crippen molar-refractivity contribution in [3.8, 4) is 0 Å². The zero-order valence-corrected chi connectivity index (χ0v) is 7.03. The predicted octanol–water partition coefficient (Wildman–Crippen LogP) is 1.34. The maximum Gasteiger partial charge on any atom is 0.365 e. The Kier molecular flexibility index (Phi) is 5.11. The van der Waals surface area contributed by atoms with Gasteiger partial charge in [0, 0.05) is 0 Å². The molecule has 0 saturated heterocycles. The Balaban J connectivity index is 3.28. The first-order chi connectivity index (χ1) is 4.62. The van der Waals surface area contributed by atoms with E-state index >= 15 is 0 Å². The summed E-state index contributed by atoms with van der Waals surface area (Å²) in [4.78, 5) is 0. The molecular weight excluding hydrogens is 208 g/mol. The van der Waals surface area contributed by atoms with Gasteiger partial charge in [0.2, 0.25) is 0 Å². The van der Waals surface area contributed by atoms with Crippen LogP contribution >= 0.6 is 15.9 Å². The highest BCUT2D eigenvalue weighted by atomic mass is 79.9. The fourth-order valence-corrected chi connectivity index (χ4v) is 0.505. The fourth-order valence-electron chi connectivity index (χ4n) is 0.343. The molecule has 62 valence electrons. The van der Waals surface area contributed by atoms with Crippen LogP contribution in [0.5, 0.6) is 0 Å². The van der Waals surface area contributed by atoms with Crippen molar-refractivity contribution in [3.63, 3.8) is 0 Å². The van der Waals surface area contributed by atoms with E-state index in [9.17, 15) is 8.78 Å². The largest absolute Gasteiger partial charge is 0.365 e. The molecule has 0 heterocycles. The summed E-state index contributed by atoms with van der Waals surface area (Å²) in [7, 11) is 0. The molecule has 0 amide bonds. The van der Waals surface area contributed by atoms with E-state index in [4.69, 9.17) is 5.73 Å². The zero-order chi connectivity index (χ0) is 8.04. The summed E-state index contributed by atoms with van der Waals surface area (Å²) in [5.41, 5.74) is 5.06. The van der Waals surface area contributed by atoms with Crippen molar-refractivity contribution in [1.29, 1.82) is 0 Å². The zero-order valence-electron chi connectivity index (χ0n) is 5.45. The lowest BCUT2D eigenvalue weighted by Gasteiger charge is -2.12. The van der Waals surface area contributed by atoms with Crippen LogP contribution in [0.1, 0.15) is 6.42 Å². The number of rotatable bonds is 5. The first-order valence-electron chi connectivity index (χ1n) is 2.90. The summed E-state index contributed by atoms with van der Waals surface area (Å²) in [6.45, 7) is 0.382. The SMILES string of the molecule is NCCCOC(F)(F)CBr. The van der Waals surface area contributed by atoms with Gasteiger partial charge in [-0.2, -0.15) is 8.78 Å². The molecule has 0 spiro atoms. The normalized spacial score (nSPS) is 12.0. The van der Waals surface area contributed by atoms with Crippen LogP contribution in [-0.4, -0.2) is 24.6 Å². The molecule has 0 aliphatic carbocycles. The van der Waals surface area contributed by atoms with Gasteiger partial charge < -0.3 is 10.5 Å². The number of halogens is 3. The highest BCUT2D eigenvalue weighted by Crippen LogP contribution is 2.17. The second-order valence-corrected chi connectivity index (χ2v) is 2.32. The molecule has 0 saturated carbocycles. The van der Waals surface area contributed by atoms with E-state index in [-0.39, 0.29) is 6.61 Å². The monoisotopic (exact) mass is 217 g/mol. The lowest BCUT2D eigenvalue weighted by molar-refractivity contribution is -0.219. The number of alkyl halides is 3. The van der Waals surface area contributed by atoms with E-state index in [1.165, 1.54) is 0 Å². The van der Waals surface area contributed by atoms with Crippen molar-refractivity contribution in [2.24, 2.45) is 5.73 Å². The average molecular weight is 218 g/mol. The number of hydrogen-bond acceptors (Lipinski definition) is 2. The molecule has 0 bridgehead atoms. The lowest BCUT2D eigenvalue weighted by atomic mass is 10.5. The summed E-state index contributed by atoms with van der Waals surface area (Å²) in [6, 6.07) is 0. The van der Waals surface area contributed by atoms with Crippen LogP contribution in [0.25, 0.3) is 0 Å². The molecule has 0 aliphatic rings. The van der Waals surface area contributed by atoms with Gasteiger partial charge in [-0.3, -0.25) is 0 Å². The van der Waals surface area contributed by atoms with Gasteiger partial charge in [0.1, 0.15) is 0 Å². The van der Waals surface area contributed by atoms with Gasteiger partial charge in [0.15, 0.2) is 0 Å². The first kappa shape index (κ1) is 10.3. The molecule has 0 radical (unpaired) electrons. The van der Waals surface area contributed by atoms with Crippen LogP contribution in [0.4, 0.5) is 8.78 Å². The quantitative estimate of drug-likeness (QED) is 0.558. The van der Waals surface area contributed by atoms with Crippen LogP contribution in [-0.2, 0) is 4.74 Å². The molecule has 10 heavy (non-hydrogen) atoms. The number of hydrogen-bond donors (Lipinski definition) is 1. The van der Waals surface area contributed by atoms with Crippen LogP contribution in [0.15, 0.2) is 0 Å². The van der Waals surface area contributed by atoms with Gasteiger partial charge in [-0.25, -0.2) is 0 Å². The number of ether oxygens (including phenoxy) is 1. The Morgan fingerprint density at radius 3 is 2.50 bits per heavy atom. The van der Waals surface area contributed by atoms with Gasteiger partial charge in [-0.1, -0.05) is 15.9 Å². The van der Waals surface area contributed by atoms with Crippen LogP contribution in [0.2, 0.25) is 0 Å². The van der Waals surface area contributed by atoms with Crippen LogP contribution < -0.4 is 5.73 Å². The Morgan fingerprint density at radius 1 is 1.50 bits per heavy atom. The maximum atomic E-state index is 12.2. The Labute approximate surface area is 66.9 Å². The summed E-state index contributed by atoms with van der Waals surface area (Å²) in [6.07, 6.45) is -2.59. The highest BCUT2D eigenvalue weighted by molar-refractivity contribution is 9.09. The van der Waals surface area contributed by atoms with E-state index in [1.807, 2.05) is 0 Å². The van der Waals surface area contributed by atoms with Crippen LogP contribution in [0, 0.1) is 0 Å². The van der Waals surface area contributed by atoms with Crippen molar-refractivity contribution in [3.05, 3.63) is 0 Å². The lowest BCUT2D eigenvalue weighted by Crippen LogP contribution is -2.23. The van der Waals surface area contributed by atoms with E-state index in [0.717, 1.165) is 0 Å². The third kappa shape index (κ3) is 5.08.